The first-order chi connectivity index (χ1) is 8.06. The topological polar surface area (TPSA) is 96.5 Å². The van der Waals surface area contributed by atoms with Crippen molar-refractivity contribution in [2.75, 3.05) is 18.8 Å². The molecule has 2 rings (SSSR count). The van der Waals surface area contributed by atoms with Gasteiger partial charge in [0, 0.05) is 19.0 Å². The number of aromatic nitrogens is 1. The summed E-state index contributed by atoms with van der Waals surface area (Å²) in [6, 6.07) is 3.19. The van der Waals surface area contributed by atoms with E-state index in [0.29, 0.717) is 24.5 Å². The van der Waals surface area contributed by atoms with Crippen LogP contribution in [0.4, 0.5) is 5.69 Å². The predicted octanol–water partition coefficient (Wildman–Crippen LogP) is 0.210. The monoisotopic (exact) mass is 235 g/mol. The number of hydrogen-bond donors (Lipinski definition) is 2. The van der Waals surface area contributed by atoms with Crippen LogP contribution in [0.25, 0.3) is 0 Å². The normalized spacial score (nSPS) is 15.4. The fourth-order valence-corrected chi connectivity index (χ4v) is 1.81. The minimum absolute atomic E-state index is 0.0604. The van der Waals surface area contributed by atoms with E-state index in [2.05, 4.69) is 4.98 Å². The third kappa shape index (κ3) is 2.52. The molecule has 3 N–H and O–H groups in total. The third-order valence-electron chi connectivity index (χ3n) is 2.71. The van der Waals surface area contributed by atoms with Crippen LogP contribution in [0.3, 0.4) is 0 Å². The maximum Gasteiger partial charge on any atom is 0.303 e. The summed E-state index contributed by atoms with van der Waals surface area (Å²) < 4.78 is 0. The molecule has 0 aromatic carbocycles. The summed E-state index contributed by atoms with van der Waals surface area (Å²) in [5.41, 5.74) is 6.32. The number of carbonyl (C=O) groups is 2. The van der Waals surface area contributed by atoms with Crippen LogP contribution in [0.2, 0.25) is 0 Å². The number of aliphatic carboxylic acids is 1. The van der Waals surface area contributed by atoms with Gasteiger partial charge in [-0.15, -0.1) is 0 Å². The second kappa shape index (κ2) is 4.40. The molecule has 6 nitrogen and oxygen atoms in total. The number of nitrogen functional groups attached to an aromatic ring is 1. The molecule has 90 valence electrons. The first-order valence-electron chi connectivity index (χ1n) is 5.29. The van der Waals surface area contributed by atoms with Gasteiger partial charge < -0.3 is 15.7 Å². The molecule has 0 unspecified atom stereocenters. The lowest BCUT2D eigenvalue weighted by Gasteiger charge is -2.38. The molecule has 0 radical (unpaired) electrons. The molecule has 2 heterocycles. The highest BCUT2D eigenvalue weighted by molar-refractivity contribution is 5.93. The Labute approximate surface area is 98.1 Å². The van der Waals surface area contributed by atoms with Crippen molar-refractivity contribution in [2.24, 2.45) is 5.92 Å². The molecule has 0 atom stereocenters. The number of pyridine rings is 1. The number of carboxylic acid groups (broad SMARTS) is 1. The van der Waals surface area contributed by atoms with Crippen LogP contribution < -0.4 is 5.73 Å². The van der Waals surface area contributed by atoms with Crippen LogP contribution in [0.5, 0.6) is 0 Å². The minimum atomic E-state index is -0.826. The van der Waals surface area contributed by atoms with Crippen LogP contribution in [0, 0.1) is 5.92 Å². The van der Waals surface area contributed by atoms with Crippen LogP contribution in [0.15, 0.2) is 18.3 Å². The fourth-order valence-electron chi connectivity index (χ4n) is 1.81. The van der Waals surface area contributed by atoms with Gasteiger partial charge in [0.25, 0.3) is 5.91 Å². The zero-order valence-electron chi connectivity index (χ0n) is 9.17. The second-order valence-corrected chi connectivity index (χ2v) is 4.15. The first-order valence-corrected chi connectivity index (χ1v) is 5.29. The molecule has 1 aliphatic heterocycles. The van der Waals surface area contributed by atoms with Crippen molar-refractivity contribution in [2.45, 2.75) is 6.42 Å². The maximum atomic E-state index is 11.8. The molecule has 1 aromatic heterocycles. The van der Waals surface area contributed by atoms with E-state index in [9.17, 15) is 9.59 Å². The van der Waals surface area contributed by atoms with Crippen molar-refractivity contribution in [1.29, 1.82) is 0 Å². The van der Waals surface area contributed by atoms with E-state index in [-0.39, 0.29) is 18.2 Å². The van der Waals surface area contributed by atoms with E-state index in [1.165, 1.54) is 6.20 Å². The number of rotatable bonds is 3. The van der Waals surface area contributed by atoms with Gasteiger partial charge in [-0.25, -0.2) is 4.98 Å². The van der Waals surface area contributed by atoms with Crippen LogP contribution >= 0.6 is 0 Å². The van der Waals surface area contributed by atoms with E-state index in [0.717, 1.165) is 0 Å². The molecule has 17 heavy (non-hydrogen) atoms. The molecule has 1 fully saturated rings. The molecular weight excluding hydrogens is 222 g/mol. The summed E-state index contributed by atoms with van der Waals surface area (Å²) in [6.45, 7) is 0.967. The molecule has 0 bridgehead atoms. The number of likely N-dealkylation sites (tertiary alicyclic amines) is 1. The van der Waals surface area contributed by atoms with E-state index in [1.54, 1.807) is 17.0 Å². The van der Waals surface area contributed by atoms with E-state index in [4.69, 9.17) is 10.8 Å². The van der Waals surface area contributed by atoms with Crippen molar-refractivity contribution >= 4 is 17.6 Å². The third-order valence-corrected chi connectivity index (χ3v) is 2.71. The summed E-state index contributed by atoms with van der Waals surface area (Å²) in [4.78, 5) is 27.8. The molecule has 6 heteroatoms. The van der Waals surface area contributed by atoms with Gasteiger partial charge in [-0.2, -0.15) is 0 Å². The zero-order chi connectivity index (χ0) is 12.4. The Hall–Kier alpha value is -2.11. The van der Waals surface area contributed by atoms with Gasteiger partial charge in [-0.1, -0.05) is 0 Å². The Balaban J connectivity index is 1.91. The summed E-state index contributed by atoms with van der Waals surface area (Å²) in [5, 5.41) is 8.59. The molecule has 0 aliphatic carbocycles. The van der Waals surface area contributed by atoms with Crippen molar-refractivity contribution in [3.63, 3.8) is 0 Å². The summed E-state index contributed by atoms with van der Waals surface area (Å²) >= 11 is 0. The molecule has 1 amide bonds. The van der Waals surface area contributed by atoms with Gasteiger partial charge in [0.1, 0.15) is 5.69 Å². The summed E-state index contributed by atoms with van der Waals surface area (Å²) in [6.07, 6.45) is 1.54. The van der Waals surface area contributed by atoms with Crippen molar-refractivity contribution in [3.8, 4) is 0 Å². The van der Waals surface area contributed by atoms with E-state index < -0.39 is 5.97 Å². The van der Waals surface area contributed by atoms with E-state index in [1.807, 2.05) is 0 Å². The smallest absolute Gasteiger partial charge is 0.303 e. The van der Waals surface area contributed by atoms with Gasteiger partial charge >= 0.3 is 5.97 Å². The number of amides is 1. The SMILES string of the molecule is Nc1ccc(C(=O)N2CC(CC(=O)O)C2)nc1. The number of carboxylic acids is 1. The lowest BCUT2D eigenvalue weighted by Crippen LogP contribution is -2.50. The van der Waals surface area contributed by atoms with Crippen LogP contribution in [-0.2, 0) is 4.79 Å². The van der Waals surface area contributed by atoms with Gasteiger partial charge in [0.05, 0.1) is 18.3 Å². The Morgan fingerprint density at radius 1 is 1.47 bits per heavy atom. The zero-order valence-corrected chi connectivity index (χ0v) is 9.17. The average molecular weight is 235 g/mol. The number of hydrogen-bond acceptors (Lipinski definition) is 4. The van der Waals surface area contributed by atoms with Crippen LogP contribution in [-0.4, -0.2) is 40.0 Å². The maximum absolute atomic E-state index is 11.8. The number of nitrogens with two attached hydrogens (primary N) is 1. The fraction of sp³-hybridized carbons (Fsp3) is 0.364. The lowest BCUT2D eigenvalue weighted by atomic mass is 9.96. The molecular formula is C11H13N3O3. The highest BCUT2D eigenvalue weighted by atomic mass is 16.4. The summed E-state index contributed by atoms with van der Waals surface area (Å²) in [5.74, 6) is -0.940. The highest BCUT2D eigenvalue weighted by Crippen LogP contribution is 2.21. The number of nitrogens with zero attached hydrogens (tertiary/aromatic N) is 2. The Kier molecular flexibility index (Phi) is 2.95. The standard InChI is InChI=1S/C11H13N3O3/c12-8-1-2-9(13-4-8)11(17)14-5-7(6-14)3-10(15)16/h1-2,4,7H,3,5-6,12H2,(H,15,16). The lowest BCUT2D eigenvalue weighted by molar-refractivity contribution is -0.139. The largest absolute Gasteiger partial charge is 0.481 e. The number of carbonyl (C=O) groups excluding carboxylic acids is 1. The van der Waals surface area contributed by atoms with E-state index >= 15 is 0 Å². The van der Waals surface area contributed by atoms with Crippen molar-refractivity contribution in [3.05, 3.63) is 24.0 Å². The highest BCUT2D eigenvalue weighted by Gasteiger charge is 2.32. The molecule has 1 aromatic rings. The second-order valence-electron chi connectivity index (χ2n) is 4.15. The Morgan fingerprint density at radius 3 is 2.71 bits per heavy atom. The van der Waals surface area contributed by atoms with Crippen molar-refractivity contribution in [1.82, 2.24) is 9.88 Å². The first kappa shape index (κ1) is 11.4. The molecule has 0 spiro atoms. The molecule has 1 aliphatic rings. The summed E-state index contributed by atoms with van der Waals surface area (Å²) in [7, 11) is 0. The quantitative estimate of drug-likeness (QED) is 0.780. The van der Waals surface area contributed by atoms with Gasteiger partial charge in [0.2, 0.25) is 0 Å². The Bertz CT molecular complexity index is 438. The van der Waals surface area contributed by atoms with Gasteiger partial charge in [-0.05, 0) is 12.1 Å². The Morgan fingerprint density at radius 2 is 2.18 bits per heavy atom. The van der Waals surface area contributed by atoms with Crippen molar-refractivity contribution < 1.29 is 14.7 Å². The molecule has 1 saturated heterocycles. The van der Waals surface area contributed by atoms with Crippen LogP contribution in [0.1, 0.15) is 16.9 Å². The van der Waals surface area contributed by atoms with Gasteiger partial charge in [-0.3, -0.25) is 9.59 Å². The average Bonchev–Trinajstić information content (AvgIpc) is 2.23. The molecule has 0 saturated carbocycles. The van der Waals surface area contributed by atoms with Gasteiger partial charge in [0.15, 0.2) is 0 Å². The number of anilines is 1. The minimum Gasteiger partial charge on any atom is -0.481 e. The predicted molar refractivity (Wildman–Crippen MR) is 60.3 cm³/mol.